The molecule has 0 spiro atoms. The van der Waals surface area contributed by atoms with Crippen LogP contribution in [0.15, 0.2) is 18.2 Å². The SMILES string of the molecule is COc1ccc(Cl)cc1C(=O)N1CCCC1C(=O)NC1CCNCC1C.Cl. The number of rotatable bonds is 4. The minimum Gasteiger partial charge on any atom is -0.496 e. The first-order valence-electron chi connectivity index (χ1n) is 9.17. The Balaban J connectivity index is 0.00000261. The predicted octanol–water partition coefficient (Wildman–Crippen LogP) is 2.49. The van der Waals surface area contributed by atoms with E-state index in [1.165, 1.54) is 7.11 Å². The van der Waals surface area contributed by atoms with Crippen molar-refractivity contribution in [1.82, 2.24) is 15.5 Å². The van der Waals surface area contributed by atoms with Gasteiger partial charge in [0.15, 0.2) is 0 Å². The van der Waals surface area contributed by atoms with E-state index in [0.29, 0.717) is 35.2 Å². The molecular formula is C19H27Cl2N3O3. The van der Waals surface area contributed by atoms with Gasteiger partial charge in [0.05, 0.1) is 12.7 Å². The molecule has 0 aliphatic carbocycles. The molecule has 2 fully saturated rings. The number of hydrogen-bond donors (Lipinski definition) is 2. The van der Waals surface area contributed by atoms with Crippen LogP contribution in [0, 0.1) is 5.92 Å². The summed E-state index contributed by atoms with van der Waals surface area (Å²) >= 11 is 6.06. The summed E-state index contributed by atoms with van der Waals surface area (Å²) in [5.74, 6) is 0.583. The van der Waals surface area contributed by atoms with Crippen LogP contribution in [0.5, 0.6) is 5.75 Å². The van der Waals surface area contributed by atoms with Gasteiger partial charge >= 0.3 is 0 Å². The molecule has 2 aliphatic heterocycles. The van der Waals surface area contributed by atoms with Gasteiger partial charge in [0, 0.05) is 17.6 Å². The Bertz CT molecular complexity index is 686. The summed E-state index contributed by atoms with van der Waals surface area (Å²) in [5.41, 5.74) is 0.398. The first kappa shape index (κ1) is 21.8. The Kier molecular flexibility index (Phi) is 7.77. The smallest absolute Gasteiger partial charge is 0.258 e. The number of nitrogens with zero attached hydrogens (tertiary/aromatic N) is 1. The number of likely N-dealkylation sites (tertiary alicyclic amines) is 1. The van der Waals surface area contributed by atoms with Gasteiger partial charge < -0.3 is 20.3 Å². The van der Waals surface area contributed by atoms with Crippen LogP contribution in [-0.2, 0) is 4.79 Å². The highest BCUT2D eigenvalue weighted by atomic mass is 35.5. The van der Waals surface area contributed by atoms with Crippen molar-refractivity contribution < 1.29 is 14.3 Å². The first-order valence-corrected chi connectivity index (χ1v) is 9.54. The summed E-state index contributed by atoms with van der Waals surface area (Å²) in [6.45, 7) is 4.50. The van der Waals surface area contributed by atoms with E-state index in [2.05, 4.69) is 17.6 Å². The van der Waals surface area contributed by atoms with Gasteiger partial charge in [0.2, 0.25) is 5.91 Å². The van der Waals surface area contributed by atoms with E-state index < -0.39 is 6.04 Å². The van der Waals surface area contributed by atoms with Crippen LogP contribution < -0.4 is 15.4 Å². The molecule has 6 nitrogen and oxygen atoms in total. The molecule has 27 heavy (non-hydrogen) atoms. The summed E-state index contributed by atoms with van der Waals surface area (Å²) in [5, 5.41) is 6.96. The molecule has 2 aliphatic rings. The molecule has 1 aromatic rings. The van der Waals surface area contributed by atoms with Crippen molar-refractivity contribution >= 4 is 35.8 Å². The Morgan fingerprint density at radius 3 is 2.81 bits per heavy atom. The lowest BCUT2D eigenvalue weighted by Crippen LogP contribution is -2.53. The number of carbonyl (C=O) groups is 2. The number of carbonyl (C=O) groups excluding carboxylic acids is 2. The van der Waals surface area contributed by atoms with Crippen molar-refractivity contribution in [2.75, 3.05) is 26.7 Å². The van der Waals surface area contributed by atoms with Crippen LogP contribution in [0.1, 0.15) is 36.5 Å². The summed E-state index contributed by atoms with van der Waals surface area (Å²) in [4.78, 5) is 27.5. The zero-order valence-corrected chi connectivity index (χ0v) is 17.2. The lowest BCUT2D eigenvalue weighted by molar-refractivity contribution is -0.126. The van der Waals surface area contributed by atoms with Crippen molar-refractivity contribution in [3.05, 3.63) is 28.8 Å². The molecule has 3 atom stereocenters. The molecule has 2 heterocycles. The highest BCUT2D eigenvalue weighted by Crippen LogP contribution is 2.28. The minimum atomic E-state index is -0.437. The number of hydrogen-bond acceptors (Lipinski definition) is 4. The lowest BCUT2D eigenvalue weighted by Gasteiger charge is -2.32. The fourth-order valence-electron chi connectivity index (χ4n) is 3.79. The molecule has 2 N–H and O–H groups in total. The van der Waals surface area contributed by atoms with E-state index >= 15 is 0 Å². The third-order valence-corrected chi connectivity index (χ3v) is 5.56. The predicted molar refractivity (Wildman–Crippen MR) is 108 cm³/mol. The van der Waals surface area contributed by atoms with Crippen LogP contribution in [0.25, 0.3) is 0 Å². The van der Waals surface area contributed by atoms with Crippen molar-refractivity contribution in [3.63, 3.8) is 0 Å². The number of piperidine rings is 1. The van der Waals surface area contributed by atoms with Crippen LogP contribution in [0.4, 0.5) is 0 Å². The zero-order valence-electron chi connectivity index (χ0n) is 15.7. The van der Waals surface area contributed by atoms with Crippen molar-refractivity contribution in [2.24, 2.45) is 5.92 Å². The molecule has 3 unspecified atom stereocenters. The second-order valence-corrected chi connectivity index (χ2v) is 7.52. The third-order valence-electron chi connectivity index (χ3n) is 5.32. The largest absolute Gasteiger partial charge is 0.496 e. The van der Waals surface area contributed by atoms with Gasteiger partial charge in [-0.25, -0.2) is 0 Å². The van der Waals surface area contributed by atoms with Gasteiger partial charge in [0.25, 0.3) is 5.91 Å². The van der Waals surface area contributed by atoms with Crippen molar-refractivity contribution in [2.45, 2.75) is 38.3 Å². The lowest BCUT2D eigenvalue weighted by atomic mass is 9.95. The normalized spacial score (nSPS) is 24.9. The molecule has 0 radical (unpaired) electrons. The second-order valence-electron chi connectivity index (χ2n) is 7.09. The maximum Gasteiger partial charge on any atom is 0.258 e. The average Bonchev–Trinajstić information content (AvgIpc) is 3.13. The van der Waals surface area contributed by atoms with E-state index in [4.69, 9.17) is 16.3 Å². The van der Waals surface area contributed by atoms with Gasteiger partial charge in [-0.05, 0) is 56.5 Å². The Morgan fingerprint density at radius 2 is 2.11 bits per heavy atom. The number of ether oxygens (including phenoxy) is 1. The van der Waals surface area contributed by atoms with E-state index in [0.717, 1.165) is 25.9 Å². The minimum absolute atomic E-state index is 0. The fraction of sp³-hybridized carbons (Fsp3) is 0.579. The molecule has 0 aromatic heterocycles. The topological polar surface area (TPSA) is 70.7 Å². The standard InChI is InChI=1S/C19H26ClN3O3.ClH/c1-12-11-21-8-7-15(12)22-18(24)16-4-3-9-23(16)19(25)14-10-13(20)5-6-17(14)26-2;/h5-6,10,12,15-16,21H,3-4,7-9,11H2,1-2H3,(H,22,24);1H. The Labute approximate surface area is 171 Å². The molecule has 150 valence electrons. The summed E-state index contributed by atoms with van der Waals surface area (Å²) < 4.78 is 5.30. The molecule has 0 saturated carbocycles. The number of halogens is 2. The zero-order chi connectivity index (χ0) is 18.7. The molecule has 8 heteroatoms. The van der Waals surface area contributed by atoms with Gasteiger partial charge in [-0.3, -0.25) is 9.59 Å². The molecule has 2 amide bonds. The maximum absolute atomic E-state index is 13.0. The molecule has 2 saturated heterocycles. The van der Waals surface area contributed by atoms with Gasteiger partial charge in [-0.1, -0.05) is 18.5 Å². The van der Waals surface area contributed by atoms with Gasteiger partial charge in [0.1, 0.15) is 11.8 Å². The average molecular weight is 416 g/mol. The highest BCUT2D eigenvalue weighted by Gasteiger charge is 2.37. The van der Waals surface area contributed by atoms with Crippen LogP contribution in [0.2, 0.25) is 5.02 Å². The van der Waals surface area contributed by atoms with E-state index in [1.807, 2.05) is 0 Å². The fourth-order valence-corrected chi connectivity index (χ4v) is 3.96. The molecular weight excluding hydrogens is 389 g/mol. The second kappa shape index (κ2) is 9.62. The molecule has 0 bridgehead atoms. The maximum atomic E-state index is 13.0. The van der Waals surface area contributed by atoms with Crippen LogP contribution in [0.3, 0.4) is 0 Å². The molecule has 3 rings (SSSR count). The Hall–Kier alpha value is -1.50. The van der Waals surface area contributed by atoms with Crippen LogP contribution in [-0.4, -0.2) is 55.5 Å². The number of benzene rings is 1. The van der Waals surface area contributed by atoms with E-state index in [-0.39, 0.29) is 30.3 Å². The summed E-state index contributed by atoms with van der Waals surface area (Å²) in [6, 6.07) is 4.68. The van der Waals surface area contributed by atoms with Crippen LogP contribution >= 0.6 is 24.0 Å². The van der Waals surface area contributed by atoms with Gasteiger partial charge in [-0.2, -0.15) is 0 Å². The number of methoxy groups -OCH3 is 1. The number of nitrogens with one attached hydrogen (secondary N) is 2. The highest BCUT2D eigenvalue weighted by molar-refractivity contribution is 6.31. The Morgan fingerprint density at radius 1 is 1.33 bits per heavy atom. The molecule has 1 aromatic carbocycles. The van der Waals surface area contributed by atoms with E-state index in [9.17, 15) is 9.59 Å². The van der Waals surface area contributed by atoms with Crippen molar-refractivity contribution in [3.8, 4) is 5.75 Å². The summed E-state index contributed by atoms with van der Waals surface area (Å²) in [7, 11) is 1.52. The third kappa shape index (κ3) is 4.86. The quantitative estimate of drug-likeness (QED) is 0.792. The van der Waals surface area contributed by atoms with E-state index in [1.54, 1.807) is 23.1 Å². The van der Waals surface area contributed by atoms with Crippen molar-refractivity contribution in [1.29, 1.82) is 0 Å². The monoisotopic (exact) mass is 415 g/mol. The first-order chi connectivity index (χ1) is 12.5. The van der Waals surface area contributed by atoms with Gasteiger partial charge in [-0.15, -0.1) is 12.4 Å². The number of amides is 2. The summed E-state index contributed by atoms with van der Waals surface area (Å²) in [6.07, 6.45) is 2.41.